The van der Waals surface area contributed by atoms with Crippen LogP contribution in [0.3, 0.4) is 0 Å². The number of rotatable bonds is 4. The third-order valence-corrected chi connectivity index (χ3v) is 5.49. The molecular formula is C17H23N5OS2. The molecule has 25 heavy (non-hydrogen) atoms. The summed E-state index contributed by atoms with van der Waals surface area (Å²) >= 11 is 6.42. The highest BCUT2D eigenvalue weighted by Gasteiger charge is 2.21. The lowest BCUT2D eigenvalue weighted by Gasteiger charge is -2.30. The molecule has 3 N–H and O–H groups in total. The summed E-state index contributed by atoms with van der Waals surface area (Å²) < 4.78 is 1.89. The molecule has 0 radical (unpaired) electrons. The van der Waals surface area contributed by atoms with Crippen LogP contribution in [0.5, 0.6) is 5.88 Å². The number of hydrogen-bond donors (Lipinski definition) is 2. The number of likely N-dealkylation sites (tertiary alicyclic amines) is 1. The van der Waals surface area contributed by atoms with Gasteiger partial charge in [-0.2, -0.15) is 0 Å². The number of thiocarbonyl (C=S) groups is 1. The maximum absolute atomic E-state index is 10.8. The summed E-state index contributed by atoms with van der Waals surface area (Å²) in [5, 5.41) is 19.4. The predicted octanol–water partition coefficient (Wildman–Crippen LogP) is 4.09. The molecule has 1 aliphatic rings. The zero-order valence-electron chi connectivity index (χ0n) is 14.5. The van der Waals surface area contributed by atoms with Gasteiger partial charge in [-0.1, -0.05) is 6.92 Å². The van der Waals surface area contributed by atoms with Gasteiger partial charge in [-0.25, -0.2) is 0 Å². The second-order valence-electron chi connectivity index (χ2n) is 6.46. The highest BCUT2D eigenvalue weighted by molar-refractivity contribution is 7.98. The van der Waals surface area contributed by atoms with E-state index in [2.05, 4.69) is 28.1 Å². The van der Waals surface area contributed by atoms with Gasteiger partial charge in [0.1, 0.15) is 0 Å². The summed E-state index contributed by atoms with van der Waals surface area (Å²) in [5.74, 6) is 0.872. The lowest BCUT2D eigenvalue weighted by Crippen LogP contribution is -2.34. The summed E-state index contributed by atoms with van der Waals surface area (Å²) in [5.41, 5.74) is 6.79. The minimum Gasteiger partial charge on any atom is -0.493 e. The molecule has 2 heterocycles. The smallest absolute Gasteiger partial charge is 0.221 e. The van der Waals surface area contributed by atoms with E-state index in [9.17, 15) is 5.11 Å². The van der Waals surface area contributed by atoms with Crippen LogP contribution in [-0.4, -0.2) is 39.0 Å². The molecule has 8 heteroatoms. The van der Waals surface area contributed by atoms with E-state index >= 15 is 0 Å². The van der Waals surface area contributed by atoms with Crippen molar-refractivity contribution in [3.05, 3.63) is 18.2 Å². The first kappa shape index (κ1) is 18.2. The Hall–Kier alpha value is -1.64. The lowest BCUT2D eigenvalue weighted by atomic mass is 10.00. The van der Waals surface area contributed by atoms with Gasteiger partial charge < -0.3 is 10.8 Å². The van der Waals surface area contributed by atoms with E-state index in [0.717, 1.165) is 34.8 Å². The van der Waals surface area contributed by atoms with Gasteiger partial charge in [0, 0.05) is 23.4 Å². The minimum absolute atomic E-state index is 0.0497. The van der Waals surface area contributed by atoms with Gasteiger partial charge in [0.05, 0.1) is 12.2 Å². The van der Waals surface area contributed by atoms with Crippen LogP contribution in [0.2, 0.25) is 0 Å². The Balaban J connectivity index is 2.02. The van der Waals surface area contributed by atoms with Crippen molar-refractivity contribution in [2.24, 2.45) is 21.9 Å². The van der Waals surface area contributed by atoms with Gasteiger partial charge in [-0.3, -0.25) is 9.47 Å². The Labute approximate surface area is 157 Å². The molecule has 2 aromatic rings. The Morgan fingerprint density at radius 1 is 1.40 bits per heavy atom. The molecule has 0 amide bonds. The monoisotopic (exact) mass is 377 g/mol. The van der Waals surface area contributed by atoms with Gasteiger partial charge in [0.15, 0.2) is 5.69 Å². The Morgan fingerprint density at radius 3 is 2.76 bits per heavy atom. The zero-order chi connectivity index (χ0) is 18.0. The van der Waals surface area contributed by atoms with Gasteiger partial charge in [0.25, 0.3) is 0 Å². The normalized spacial score (nSPS) is 16.9. The van der Waals surface area contributed by atoms with Crippen LogP contribution in [0.15, 0.2) is 33.3 Å². The Kier molecular flexibility index (Phi) is 5.61. The average molecular weight is 378 g/mol. The largest absolute Gasteiger partial charge is 0.493 e. The van der Waals surface area contributed by atoms with Gasteiger partial charge in [-0.15, -0.1) is 22.0 Å². The predicted molar refractivity (Wildman–Crippen MR) is 107 cm³/mol. The van der Waals surface area contributed by atoms with E-state index in [1.54, 1.807) is 11.8 Å². The van der Waals surface area contributed by atoms with Crippen molar-refractivity contribution in [3.8, 4) is 5.88 Å². The molecule has 1 aromatic heterocycles. The first-order valence-electron chi connectivity index (χ1n) is 8.32. The van der Waals surface area contributed by atoms with Crippen LogP contribution in [-0.2, 0) is 6.67 Å². The molecule has 0 saturated carbocycles. The summed E-state index contributed by atoms with van der Waals surface area (Å²) in [7, 11) is 0. The van der Waals surface area contributed by atoms with Crippen molar-refractivity contribution in [2.45, 2.75) is 31.3 Å². The standard InChI is InChI=1S/C17H23N5OS2/c1-11-5-7-21(8-6-11)10-22-14-4-3-12(25-2)9-13(14)15(16(22)23)19-20-17(18)24/h3-4,9,11,23H,5-8,10H2,1-2H3,(H2,18,24). The number of piperidine rings is 1. The molecule has 134 valence electrons. The quantitative estimate of drug-likeness (QED) is 0.477. The number of nitrogens with zero attached hydrogens (tertiary/aromatic N) is 4. The second-order valence-corrected chi connectivity index (χ2v) is 7.76. The Morgan fingerprint density at radius 2 is 2.12 bits per heavy atom. The topological polar surface area (TPSA) is 79.1 Å². The third kappa shape index (κ3) is 3.96. The maximum atomic E-state index is 10.8. The number of thioether (sulfide) groups is 1. The highest BCUT2D eigenvalue weighted by Crippen LogP contribution is 2.40. The Bertz CT molecular complexity index is 809. The summed E-state index contributed by atoms with van der Waals surface area (Å²) in [4.78, 5) is 3.46. The number of nitrogens with two attached hydrogens (primary N) is 1. The van der Waals surface area contributed by atoms with E-state index in [1.807, 2.05) is 23.0 Å². The van der Waals surface area contributed by atoms with Crippen LogP contribution >= 0.6 is 24.0 Å². The van der Waals surface area contributed by atoms with Crippen molar-refractivity contribution in [2.75, 3.05) is 19.3 Å². The van der Waals surface area contributed by atoms with Crippen molar-refractivity contribution < 1.29 is 5.11 Å². The fourth-order valence-electron chi connectivity index (χ4n) is 3.17. The average Bonchev–Trinajstić information content (AvgIpc) is 2.86. The lowest BCUT2D eigenvalue weighted by molar-refractivity contribution is 0.151. The maximum Gasteiger partial charge on any atom is 0.221 e. The molecule has 0 bridgehead atoms. The van der Waals surface area contributed by atoms with Crippen LogP contribution < -0.4 is 5.73 Å². The molecule has 0 atom stereocenters. The molecule has 6 nitrogen and oxygen atoms in total. The number of azo groups is 1. The van der Waals surface area contributed by atoms with Gasteiger partial charge in [-0.05, 0) is 55.4 Å². The van der Waals surface area contributed by atoms with Gasteiger partial charge >= 0.3 is 0 Å². The molecule has 0 spiro atoms. The van der Waals surface area contributed by atoms with Crippen molar-refractivity contribution in [3.63, 3.8) is 0 Å². The zero-order valence-corrected chi connectivity index (χ0v) is 16.1. The van der Waals surface area contributed by atoms with E-state index in [0.29, 0.717) is 12.4 Å². The van der Waals surface area contributed by atoms with Crippen LogP contribution in [0.1, 0.15) is 19.8 Å². The molecule has 1 aromatic carbocycles. The first-order valence-corrected chi connectivity index (χ1v) is 9.95. The number of fused-ring (bicyclic) bond motifs is 1. The van der Waals surface area contributed by atoms with Crippen molar-refractivity contribution in [1.82, 2.24) is 9.47 Å². The molecular weight excluding hydrogens is 354 g/mol. The number of aromatic nitrogens is 1. The molecule has 0 unspecified atom stereocenters. The second kappa shape index (κ2) is 7.72. The summed E-state index contributed by atoms with van der Waals surface area (Å²) in [6.45, 7) is 4.99. The van der Waals surface area contributed by atoms with E-state index in [4.69, 9.17) is 18.0 Å². The molecule has 1 aliphatic heterocycles. The van der Waals surface area contributed by atoms with Gasteiger partial charge in [0.2, 0.25) is 11.0 Å². The highest BCUT2D eigenvalue weighted by atomic mass is 32.2. The number of aromatic hydroxyl groups is 1. The summed E-state index contributed by atoms with van der Waals surface area (Å²) in [6, 6.07) is 6.09. The molecule has 0 aliphatic carbocycles. The minimum atomic E-state index is -0.0497. The van der Waals surface area contributed by atoms with E-state index < -0.39 is 0 Å². The van der Waals surface area contributed by atoms with Crippen LogP contribution in [0.25, 0.3) is 10.9 Å². The fourth-order valence-corrected chi connectivity index (χ4v) is 3.65. The SMILES string of the molecule is CSc1ccc2c(c1)c(N=NC(N)=S)c(O)n2CN1CCC(C)CC1. The van der Waals surface area contributed by atoms with Crippen molar-refractivity contribution >= 4 is 45.7 Å². The van der Waals surface area contributed by atoms with Crippen molar-refractivity contribution in [1.29, 1.82) is 0 Å². The molecule has 1 saturated heterocycles. The van der Waals surface area contributed by atoms with Crippen LogP contribution in [0.4, 0.5) is 5.69 Å². The molecule has 3 rings (SSSR count). The van der Waals surface area contributed by atoms with Crippen LogP contribution in [0, 0.1) is 5.92 Å². The fraction of sp³-hybridized carbons (Fsp3) is 0.471. The third-order valence-electron chi connectivity index (χ3n) is 4.68. The molecule has 1 fully saturated rings. The summed E-state index contributed by atoms with van der Waals surface area (Å²) in [6.07, 6.45) is 4.39. The number of benzene rings is 1. The van der Waals surface area contributed by atoms with E-state index in [1.165, 1.54) is 12.8 Å². The first-order chi connectivity index (χ1) is 12.0. The number of hydrogen-bond acceptors (Lipinski definition) is 5. The van der Waals surface area contributed by atoms with E-state index in [-0.39, 0.29) is 11.0 Å².